The fourth-order valence-electron chi connectivity index (χ4n) is 2.15. The maximum atomic E-state index is 12.0. The molecule has 2 aromatic carbocycles. The molecule has 0 saturated heterocycles. The Balaban J connectivity index is 1.46. The Labute approximate surface area is 199 Å². The maximum Gasteiger partial charge on any atom is 0.270 e. The highest BCUT2D eigenvalue weighted by Crippen LogP contribution is 2.32. The molecule has 0 aliphatic heterocycles. The molecule has 1 heterocycles. The summed E-state index contributed by atoms with van der Waals surface area (Å²) < 4.78 is 1.43. The topological polar surface area (TPSA) is 110 Å². The van der Waals surface area contributed by atoms with Crippen molar-refractivity contribution < 1.29 is 9.72 Å². The molecule has 160 valence electrons. The number of aromatic nitrogens is 2. The van der Waals surface area contributed by atoms with Crippen LogP contribution in [0.1, 0.15) is 11.1 Å². The van der Waals surface area contributed by atoms with Crippen LogP contribution in [0.15, 0.2) is 56.2 Å². The molecule has 0 bridgehead atoms. The number of hydrogen-bond acceptors (Lipinski definition) is 9. The Morgan fingerprint density at radius 3 is 2.65 bits per heavy atom. The van der Waals surface area contributed by atoms with Gasteiger partial charge in [-0.25, -0.2) is 5.43 Å². The number of nitrogens with zero attached hydrogens (tertiary/aromatic N) is 4. The lowest BCUT2D eigenvalue weighted by molar-refractivity contribution is -0.384. The summed E-state index contributed by atoms with van der Waals surface area (Å²) in [7, 11) is 0. The quantitative estimate of drug-likeness (QED) is 0.179. The summed E-state index contributed by atoms with van der Waals surface area (Å²) in [5, 5.41) is 23.8. The zero-order chi connectivity index (χ0) is 22.2. The summed E-state index contributed by atoms with van der Waals surface area (Å²) in [5.41, 5.74) is 3.58. The summed E-state index contributed by atoms with van der Waals surface area (Å²) in [5.74, 6) is 0.404. The molecule has 1 amide bonds. The number of benzene rings is 2. The SMILES string of the molecule is O=C(CSc1nnc(SCc2ccccc2Cl)s1)NN=Cc1cc([N+](=O)[O-])ccc1Cl. The molecule has 0 atom stereocenters. The second-order valence-corrected chi connectivity index (χ2v) is 10.00. The van der Waals surface area contributed by atoms with Crippen molar-refractivity contribution in [1.29, 1.82) is 0 Å². The van der Waals surface area contributed by atoms with Gasteiger partial charge in [0.25, 0.3) is 11.6 Å². The lowest BCUT2D eigenvalue weighted by Gasteiger charge is -2.00. The van der Waals surface area contributed by atoms with Crippen molar-refractivity contribution in [3.05, 3.63) is 73.8 Å². The van der Waals surface area contributed by atoms with E-state index in [1.54, 1.807) is 0 Å². The van der Waals surface area contributed by atoms with Crippen molar-refractivity contribution >= 4 is 75.9 Å². The molecule has 0 aliphatic rings. The molecule has 13 heteroatoms. The molecular weight excluding hydrogens is 501 g/mol. The molecule has 8 nitrogen and oxygen atoms in total. The molecule has 31 heavy (non-hydrogen) atoms. The molecule has 1 aromatic heterocycles. The van der Waals surface area contributed by atoms with Crippen LogP contribution >= 0.6 is 58.1 Å². The van der Waals surface area contributed by atoms with Gasteiger partial charge in [0, 0.05) is 33.5 Å². The molecule has 0 spiro atoms. The number of rotatable bonds is 9. The van der Waals surface area contributed by atoms with E-state index in [-0.39, 0.29) is 22.4 Å². The number of nitro benzene ring substituents is 1. The van der Waals surface area contributed by atoms with Crippen molar-refractivity contribution in [3.63, 3.8) is 0 Å². The number of hydrazone groups is 1. The smallest absolute Gasteiger partial charge is 0.270 e. The number of nitrogens with one attached hydrogen (secondary N) is 1. The lowest BCUT2D eigenvalue weighted by Crippen LogP contribution is -2.19. The van der Waals surface area contributed by atoms with Gasteiger partial charge in [0.05, 0.1) is 16.9 Å². The summed E-state index contributed by atoms with van der Waals surface area (Å²) in [4.78, 5) is 22.3. The number of non-ortho nitro benzene ring substituents is 1. The molecular formula is C18H13Cl2N5O3S3. The standard InChI is InChI=1S/C18H13Cl2N5O3S3/c19-14-4-2-1-3-11(14)9-29-17-23-24-18(31-17)30-10-16(26)22-21-8-12-7-13(25(27)28)5-6-15(12)20/h1-8H,9-10H2,(H,22,26). The van der Waals surface area contributed by atoms with Gasteiger partial charge in [-0.2, -0.15) is 5.10 Å². The number of carbonyl (C=O) groups excluding carboxylic acids is 1. The predicted octanol–water partition coefficient (Wildman–Crippen LogP) is 5.29. The largest absolute Gasteiger partial charge is 0.272 e. The van der Waals surface area contributed by atoms with Crippen molar-refractivity contribution in [2.45, 2.75) is 14.4 Å². The minimum absolute atomic E-state index is 0.0871. The first-order valence-electron chi connectivity index (χ1n) is 8.50. The van der Waals surface area contributed by atoms with E-state index in [1.165, 1.54) is 59.3 Å². The van der Waals surface area contributed by atoms with Gasteiger partial charge >= 0.3 is 0 Å². The molecule has 3 aromatic rings. The molecule has 3 rings (SSSR count). The van der Waals surface area contributed by atoms with Crippen LogP contribution < -0.4 is 5.43 Å². The van der Waals surface area contributed by atoms with Crippen LogP contribution in [-0.4, -0.2) is 33.0 Å². The number of thioether (sulfide) groups is 2. The minimum Gasteiger partial charge on any atom is -0.272 e. The monoisotopic (exact) mass is 513 g/mol. The predicted molar refractivity (Wildman–Crippen MR) is 125 cm³/mol. The number of nitro groups is 1. The number of carbonyl (C=O) groups is 1. The highest BCUT2D eigenvalue weighted by Gasteiger charge is 2.10. The molecule has 0 saturated carbocycles. The second-order valence-electron chi connectivity index (χ2n) is 5.76. The van der Waals surface area contributed by atoms with E-state index in [0.717, 1.165) is 9.90 Å². The van der Waals surface area contributed by atoms with E-state index >= 15 is 0 Å². The van der Waals surface area contributed by atoms with Gasteiger partial charge < -0.3 is 0 Å². The normalized spacial score (nSPS) is 11.0. The van der Waals surface area contributed by atoms with Gasteiger partial charge in [-0.1, -0.05) is 76.3 Å². The Hall–Kier alpha value is -2.18. The fourth-order valence-corrected chi connectivity index (χ4v) is 5.41. The van der Waals surface area contributed by atoms with E-state index in [1.807, 2.05) is 24.3 Å². The first-order chi connectivity index (χ1) is 14.9. The van der Waals surface area contributed by atoms with Gasteiger partial charge in [0.15, 0.2) is 8.68 Å². The Morgan fingerprint density at radius 2 is 1.90 bits per heavy atom. The Kier molecular flexibility index (Phi) is 8.67. The van der Waals surface area contributed by atoms with Gasteiger partial charge in [-0.15, -0.1) is 10.2 Å². The number of hydrogen-bond donors (Lipinski definition) is 1. The third-order valence-corrected chi connectivity index (χ3v) is 7.56. The van der Waals surface area contributed by atoms with Crippen LogP contribution in [0, 0.1) is 10.1 Å². The van der Waals surface area contributed by atoms with Gasteiger partial charge in [0.1, 0.15) is 0 Å². The van der Waals surface area contributed by atoms with E-state index in [0.29, 0.717) is 20.7 Å². The summed E-state index contributed by atoms with van der Waals surface area (Å²) in [6.45, 7) is 0. The zero-order valence-electron chi connectivity index (χ0n) is 15.5. The average Bonchev–Trinajstić information content (AvgIpc) is 3.21. The van der Waals surface area contributed by atoms with E-state index in [9.17, 15) is 14.9 Å². The first-order valence-corrected chi connectivity index (χ1v) is 12.0. The maximum absolute atomic E-state index is 12.0. The number of halogens is 2. The van der Waals surface area contributed by atoms with Crippen molar-refractivity contribution in [3.8, 4) is 0 Å². The van der Waals surface area contributed by atoms with Crippen LogP contribution in [0.2, 0.25) is 10.0 Å². The third kappa shape index (κ3) is 7.18. The van der Waals surface area contributed by atoms with Crippen LogP contribution in [0.25, 0.3) is 0 Å². The highest BCUT2D eigenvalue weighted by atomic mass is 35.5. The van der Waals surface area contributed by atoms with Crippen LogP contribution in [-0.2, 0) is 10.5 Å². The van der Waals surface area contributed by atoms with Crippen LogP contribution in [0.5, 0.6) is 0 Å². The molecule has 0 fully saturated rings. The average molecular weight is 514 g/mol. The second kappa shape index (κ2) is 11.4. The number of amides is 1. The summed E-state index contributed by atoms with van der Waals surface area (Å²) >= 11 is 16.3. The lowest BCUT2D eigenvalue weighted by atomic mass is 10.2. The van der Waals surface area contributed by atoms with Crippen LogP contribution in [0.3, 0.4) is 0 Å². The zero-order valence-corrected chi connectivity index (χ0v) is 19.5. The third-order valence-electron chi connectivity index (χ3n) is 3.61. The molecule has 0 radical (unpaired) electrons. The molecule has 0 aliphatic carbocycles. The highest BCUT2D eigenvalue weighted by molar-refractivity contribution is 8.03. The molecule has 1 N–H and O–H groups in total. The van der Waals surface area contributed by atoms with E-state index in [2.05, 4.69) is 20.7 Å². The van der Waals surface area contributed by atoms with Gasteiger partial charge in [-0.3, -0.25) is 14.9 Å². The summed E-state index contributed by atoms with van der Waals surface area (Å²) in [6.07, 6.45) is 1.26. The molecule has 0 unspecified atom stereocenters. The first kappa shape index (κ1) is 23.5. The van der Waals surface area contributed by atoms with Crippen molar-refractivity contribution in [2.75, 3.05) is 5.75 Å². The Bertz CT molecular complexity index is 1130. The minimum atomic E-state index is -0.536. The van der Waals surface area contributed by atoms with Gasteiger partial charge in [0.2, 0.25) is 0 Å². The van der Waals surface area contributed by atoms with E-state index in [4.69, 9.17) is 23.2 Å². The van der Waals surface area contributed by atoms with Gasteiger partial charge in [-0.05, 0) is 17.7 Å². The van der Waals surface area contributed by atoms with E-state index < -0.39 is 4.92 Å². The van der Waals surface area contributed by atoms with Crippen LogP contribution in [0.4, 0.5) is 5.69 Å². The fraction of sp³-hybridized carbons (Fsp3) is 0.111. The Morgan fingerprint density at radius 1 is 1.16 bits per heavy atom. The van der Waals surface area contributed by atoms with Crippen molar-refractivity contribution in [1.82, 2.24) is 15.6 Å². The van der Waals surface area contributed by atoms with Crippen molar-refractivity contribution in [2.24, 2.45) is 5.10 Å². The summed E-state index contributed by atoms with van der Waals surface area (Å²) in [6, 6.07) is 11.6.